The maximum atomic E-state index is 11.9. The zero-order valence-electron chi connectivity index (χ0n) is 10.8. The Hall–Kier alpha value is -2.17. The second-order valence-electron chi connectivity index (χ2n) is 4.40. The van der Waals surface area contributed by atoms with E-state index in [0.29, 0.717) is 24.5 Å². The highest BCUT2D eigenvalue weighted by molar-refractivity contribution is 5.90. The maximum absolute atomic E-state index is 11.9. The first-order chi connectivity index (χ1) is 9.83. The van der Waals surface area contributed by atoms with Gasteiger partial charge in [-0.05, 0) is 24.3 Å². The minimum absolute atomic E-state index is 0.311. The first-order valence-electron chi connectivity index (χ1n) is 6.43. The lowest BCUT2D eigenvalue weighted by atomic mass is 10.2. The van der Waals surface area contributed by atoms with Gasteiger partial charge in [0.25, 0.3) is 0 Å². The molecule has 2 aromatic rings. The number of benzene rings is 2. The fraction of sp³-hybridized carbons (Fsp3) is 0.188. The third kappa shape index (κ3) is 2.87. The molecule has 0 aromatic heterocycles. The van der Waals surface area contributed by atoms with Crippen molar-refractivity contribution in [3.05, 3.63) is 65.7 Å². The molecular weight excluding hydrogens is 256 g/mol. The summed E-state index contributed by atoms with van der Waals surface area (Å²) in [5.41, 5.74) is 1.45. The zero-order valence-corrected chi connectivity index (χ0v) is 10.8. The van der Waals surface area contributed by atoms with Crippen molar-refractivity contribution >= 4 is 5.97 Å². The second kappa shape index (κ2) is 5.86. The van der Waals surface area contributed by atoms with Crippen molar-refractivity contribution in [3.63, 3.8) is 0 Å². The summed E-state index contributed by atoms with van der Waals surface area (Å²) >= 11 is 0. The summed E-state index contributed by atoms with van der Waals surface area (Å²) in [6.45, 7) is 1.21. The second-order valence-corrected chi connectivity index (χ2v) is 4.40. The molecule has 1 fully saturated rings. The normalized spacial score (nSPS) is 15.2. The number of hydrogen-bond acceptors (Lipinski definition) is 4. The van der Waals surface area contributed by atoms with Gasteiger partial charge in [0.05, 0.1) is 18.8 Å². The molecule has 0 atom stereocenters. The van der Waals surface area contributed by atoms with Crippen molar-refractivity contribution in [2.45, 2.75) is 6.29 Å². The lowest BCUT2D eigenvalue weighted by Gasteiger charge is -2.10. The molecule has 2 aromatic carbocycles. The van der Waals surface area contributed by atoms with Crippen LogP contribution in [0.3, 0.4) is 0 Å². The highest BCUT2D eigenvalue weighted by Gasteiger charge is 2.18. The number of carbonyl (C=O) groups excluding carboxylic acids is 1. The van der Waals surface area contributed by atoms with Gasteiger partial charge < -0.3 is 14.2 Å². The molecule has 1 heterocycles. The third-order valence-corrected chi connectivity index (χ3v) is 2.99. The van der Waals surface area contributed by atoms with Crippen LogP contribution < -0.4 is 4.74 Å². The van der Waals surface area contributed by atoms with Crippen molar-refractivity contribution in [2.75, 3.05) is 13.2 Å². The Morgan fingerprint density at radius 3 is 2.25 bits per heavy atom. The summed E-state index contributed by atoms with van der Waals surface area (Å²) < 4.78 is 16.1. The van der Waals surface area contributed by atoms with Gasteiger partial charge in [-0.15, -0.1) is 0 Å². The monoisotopic (exact) mass is 270 g/mol. The van der Waals surface area contributed by atoms with E-state index in [2.05, 4.69) is 0 Å². The Morgan fingerprint density at radius 2 is 1.60 bits per heavy atom. The standard InChI is InChI=1S/C16H14O4/c17-15(12-4-2-1-3-5-12)20-14-8-6-13(7-9-14)16-18-10-11-19-16/h1-9,16H,10-11H2. The molecule has 4 nitrogen and oxygen atoms in total. The summed E-state index contributed by atoms with van der Waals surface area (Å²) in [6, 6.07) is 16.0. The molecule has 4 heteroatoms. The Labute approximate surface area is 116 Å². The van der Waals surface area contributed by atoms with E-state index in [1.54, 1.807) is 36.4 Å². The third-order valence-electron chi connectivity index (χ3n) is 2.99. The molecule has 0 radical (unpaired) electrons. The predicted octanol–water partition coefficient (Wildman–Crippen LogP) is 2.95. The van der Waals surface area contributed by atoms with Crippen LogP contribution in [0.4, 0.5) is 0 Å². The molecule has 1 saturated heterocycles. The smallest absolute Gasteiger partial charge is 0.343 e. The average molecular weight is 270 g/mol. The number of ether oxygens (including phenoxy) is 3. The number of carbonyl (C=O) groups is 1. The lowest BCUT2D eigenvalue weighted by Crippen LogP contribution is -2.08. The van der Waals surface area contributed by atoms with Crippen LogP contribution >= 0.6 is 0 Å². The highest BCUT2D eigenvalue weighted by atomic mass is 16.7. The van der Waals surface area contributed by atoms with Gasteiger partial charge in [-0.2, -0.15) is 0 Å². The molecule has 20 heavy (non-hydrogen) atoms. The molecule has 0 spiro atoms. The van der Waals surface area contributed by atoms with E-state index in [1.165, 1.54) is 0 Å². The summed E-state index contributed by atoms with van der Waals surface area (Å²) in [5.74, 6) is 0.132. The molecular formula is C16H14O4. The van der Waals surface area contributed by atoms with E-state index < -0.39 is 0 Å². The lowest BCUT2D eigenvalue weighted by molar-refractivity contribution is -0.0441. The van der Waals surface area contributed by atoms with E-state index in [1.807, 2.05) is 18.2 Å². The minimum Gasteiger partial charge on any atom is -0.423 e. The van der Waals surface area contributed by atoms with Gasteiger partial charge in [0.15, 0.2) is 6.29 Å². The maximum Gasteiger partial charge on any atom is 0.343 e. The Bertz CT molecular complexity index is 571. The van der Waals surface area contributed by atoms with Crippen molar-refractivity contribution in [2.24, 2.45) is 0 Å². The van der Waals surface area contributed by atoms with Gasteiger partial charge in [0, 0.05) is 5.56 Å². The van der Waals surface area contributed by atoms with Gasteiger partial charge >= 0.3 is 5.97 Å². The topological polar surface area (TPSA) is 44.8 Å². The minimum atomic E-state index is -0.369. The van der Waals surface area contributed by atoms with Crippen LogP contribution in [-0.2, 0) is 9.47 Å². The average Bonchev–Trinajstić information content (AvgIpc) is 3.03. The van der Waals surface area contributed by atoms with Crippen molar-refractivity contribution in [1.29, 1.82) is 0 Å². The fourth-order valence-electron chi connectivity index (χ4n) is 1.98. The zero-order chi connectivity index (χ0) is 13.8. The van der Waals surface area contributed by atoms with Crippen molar-refractivity contribution in [3.8, 4) is 5.75 Å². The molecule has 0 aliphatic carbocycles. The summed E-state index contributed by atoms with van der Waals surface area (Å²) in [7, 11) is 0. The van der Waals surface area contributed by atoms with Crippen LogP contribution in [-0.4, -0.2) is 19.2 Å². The molecule has 1 aliphatic rings. The number of hydrogen-bond donors (Lipinski definition) is 0. The molecule has 0 amide bonds. The molecule has 0 unspecified atom stereocenters. The van der Waals surface area contributed by atoms with Crippen LogP contribution in [0.2, 0.25) is 0 Å². The van der Waals surface area contributed by atoms with Crippen molar-refractivity contribution < 1.29 is 19.0 Å². The summed E-state index contributed by atoms with van der Waals surface area (Å²) in [6.07, 6.45) is -0.311. The summed E-state index contributed by atoms with van der Waals surface area (Å²) in [5, 5.41) is 0. The SMILES string of the molecule is O=C(Oc1ccc(C2OCCO2)cc1)c1ccccc1. The van der Waals surface area contributed by atoms with E-state index >= 15 is 0 Å². The molecule has 0 N–H and O–H groups in total. The number of rotatable bonds is 3. The van der Waals surface area contributed by atoms with Gasteiger partial charge in [-0.25, -0.2) is 4.79 Å². The molecule has 0 bridgehead atoms. The largest absolute Gasteiger partial charge is 0.423 e. The molecule has 1 aliphatic heterocycles. The quantitative estimate of drug-likeness (QED) is 0.635. The van der Waals surface area contributed by atoms with Crippen LogP contribution in [0.1, 0.15) is 22.2 Å². The molecule has 3 rings (SSSR count). The van der Waals surface area contributed by atoms with Crippen LogP contribution in [0.25, 0.3) is 0 Å². The Morgan fingerprint density at radius 1 is 0.950 bits per heavy atom. The van der Waals surface area contributed by atoms with E-state index in [9.17, 15) is 4.79 Å². The first kappa shape index (κ1) is 12.8. The van der Waals surface area contributed by atoms with Crippen LogP contribution in [0.5, 0.6) is 5.75 Å². The Balaban J connectivity index is 1.67. The van der Waals surface area contributed by atoms with Gasteiger partial charge in [-0.3, -0.25) is 0 Å². The number of esters is 1. The van der Waals surface area contributed by atoms with E-state index in [0.717, 1.165) is 5.56 Å². The van der Waals surface area contributed by atoms with Gasteiger partial charge in [0.1, 0.15) is 5.75 Å². The predicted molar refractivity (Wildman–Crippen MR) is 72.5 cm³/mol. The molecule has 102 valence electrons. The summed E-state index contributed by atoms with van der Waals surface area (Å²) in [4.78, 5) is 11.9. The Kier molecular flexibility index (Phi) is 3.76. The van der Waals surface area contributed by atoms with Gasteiger partial charge in [-0.1, -0.05) is 30.3 Å². The highest BCUT2D eigenvalue weighted by Crippen LogP contribution is 2.25. The first-order valence-corrected chi connectivity index (χ1v) is 6.43. The van der Waals surface area contributed by atoms with Gasteiger partial charge in [0.2, 0.25) is 0 Å². The van der Waals surface area contributed by atoms with E-state index in [4.69, 9.17) is 14.2 Å². The van der Waals surface area contributed by atoms with E-state index in [-0.39, 0.29) is 12.3 Å². The van der Waals surface area contributed by atoms with Crippen LogP contribution in [0.15, 0.2) is 54.6 Å². The molecule has 0 saturated carbocycles. The fourth-order valence-corrected chi connectivity index (χ4v) is 1.98. The van der Waals surface area contributed by atoms with Crippen LogP contribution in [0, 0.1) is 0 Å². The van der Waals surface area contributed by atoms with Crippen molar-refractivity contribution in [1.82, 2.24) is 0 Å².